The van der Waals surface area contributed by atoms with E-state index in [1.807, 2.05) is 0 Å². The van der Waals surface area contributed by atoms with Gasteiger partial charge < -0.3 is 15.4 Å². The minimum Gasteiger partial charge on any atom is -0.464 e. The van der Waals surface area contributed by atoms with Gasteiger partial charge in [0.15, 0.2) is 0 Å². The molecular formula is C38H74N2O4. The highest BCUT2D eigenvalue weighted by atomic mass is 16.5. The van der Waals surface area contributed by atoms with E-state index in [9.17, 15) is 14.4 Å². The van der Waals surface area contributed by atoms with Gasteiger partial charge in [-0.3, -0.25) is 9.59 Å². The number of nitrogens with one attached hydrogen (secondary N) is 2. The van der Waals surface area contributed by atoms with E-state index >= 15 is 0 Å². The highest BCUT2D eigenvalue weighted by Crippen LogP contribution is 2.13. The van der Waals surface area contributed by atoms with Crippen LogP contribution in [0.3, 0.4) is 0 Å². The summed E-state index contributed by atoms with van der Waals surface area (Å²) in [6.45, 7) is 7.72. The lowest BCUT2D eigenvalue weighted by atomic mass is 10.1. The van der Waals surface area contributed by atoms with Gasteiger partial charge in [0.2, 0.25) is 11.8 Å². The minimum absolute atomic E-state index is 0.0587. The number of hydrogen-bond donors (Lipinski definition) is 2. The molecule has 0 aliphatic rings. The second-order valence-corrected chi connectivity index (χ2v) is 13.1. The SMILES string of the molecule is CCCCCCCCCCCCOC(=O)C(CCCCNC(=O)CCCCCCCCCCC)NC(=O)CCCCCCC. The molecule has 0 rings (SSSR count). The molecular weight excluding hydrogens is 548 g/mol. The maximum atomic E-state index is 12.9. The molecule has 0 aromatic heterocycles. The Morgan fingerprint density at radius 2 is 0.886 bits per heavy atom. The lowest BCUT2D eigenvalue weighted by molar-refractivity contribution is -0.148. The molecule has 1 atom stereocenters. The van der Waals surface area contributed by atoms with Gasteiger partial charge in [-0.1, -0.05) is 156 Å². The first-order chi connectivity index (χ1) is 21.5. The summed E-state index contributed by atoms with van der Waals surface area (Å²) < 4.78 is 5.60. The summed E-state index contributed by atoms with van der Waals surface area (Å²) in [6.07, 6.45) is 32.2. The van der Waals surface area contributed by atoms with Crippen molar-refractivity contribution >= 4 is 17.8 Å². The highest BCUT2D eigenvalue weighted by Gasteiger charge is 2.21. The number of carbonyl (C=O) groups is 3. The Bertz CT molecular complexity index is 655. The molecule has 0 saturated carbocycles. The third kappa shape index (κ3) is 30.4. The van der Waals surface area contributed by atoms with Gasteiger partial charge in [0.25, 0.3) is 0 Å². The summed E-state index contributed by atoms with van der Waals surface area (Å²) in [6, 6.07) is -0.598. The van der Waals surface area contributed by atoms with Crippen molar-refractivity contribution in [3.63, 3.8) is 0 Å². The summed E-state index contributed by atoms with van der Waals surface area (Å²) in [5, 5.41) is 5.98. The molecule has 0 bridgehead atoms. The predicted molar refractivity (Wildman–Crippen MR) is 187 cm³/mol. The largest absolute Gasteiger partial charge is 0.464 e. The Labute approximate surface area is 273 Å². The number of amides is 2. The standard InChI is InChI=1S/C38H74N2O4/c1-4-7-10-13-15-17-19-21-24-29-34-44-38(43)35(40-37(42)32-26-22-12-9-6-3)30-27-28-33-39-36(41)31-25-23-20-18-16-14-11-8-5-2/h35H,4-34H2,1-3H3,(H,39,41)(H,40,42). The summed E-state index contributed by atoms with van der Waals surface area (Å²) in [5.74, 6) is -0.247. The lowest BCUT2D eigenvalue weighted by Gasteiger charge is -2.18. The van der Waals surface area contributed by atoms with E-state index in [0.29, 0.717) is 32.4 Å². The Morgan fingerprint density at radius 3 is 1.36 bits per heavy atom. The van der Waals surface area contributed by atoms with Crippen molar-refractivity contribution < 1.29 is 19.1 Å². The summed E-state index contributed by atoms with van der Waals surface area (Å²) in [4.78, 5) is 37.7. The van der Waals surface area contributed by atoms with Gasteiger partial charge in [-0.2, -0.15) is 0 Å². The molecule has 0 aromatic rings. The van der Waals surface area contributed by atoms with Gasteiger partial charge in [0.05, 0.1) is 6.61 Å². The van der Waals surface area contributed by atoms with E-state index in [1.165, 1.54) is 109 Å². The van der Waals surface area contributed by atoms with Gasteiger partial charge in [-0.15, -0.1) is 0 Å². The third-order valence-corrected chi connectivity index (χ3v) is 8.62. The summed E-state index contributed by atoms with van der Waals surface area (Å²) in [5.41, 5.74) is 0. The first kappa shape index (κ1) is 42.4. The second-order valence-electron chi connectivity index (χ2n) is 13.1. The Balaban J connectivity index is 4.21. The third-order valence-electron chi connectivity index (χ3n) is 8.62. The highest BCUT2D eigenvalue weighted by molar-refractivity contribution is 5.84. The van der Waals surface area contributed by atoms with E-state index in [0.717, 1.165) is 57.8 Å². The first-order valence-corrected chi connectivity index (χ1v) is 19.3. The van der Waals surface area contributed by atoms with Crippen molar-refractivity contribution in [3.05, 3.63) is 0 Å². The molecule has 0 saturated heterocycles. The zero-order valence-electron chi connectivity index (χ0n) is 29.6. The van der Waals surface area contributed by atoms with Crippen molar-refractivity contribution in [1.29, 1.82) is 0 Å². The molecule has 2 amide bonds. The van der Waals surface area contributed by atoms with Crippen LogP contribution in [0, 0.1) is 0 Å². The molecule has 0 aliphatic heterocycles. The molecule has 2 N–H and O–H groups in total. The molecule has 0 fully saturated rings. The van der Waals surface area contributed by atoms with Crippen LogP contribution in [0.25, 0.3) is 0 Å². The predicted octanol–water partition coefficient (Wildman–Crippen LogP) is 10.5. The molecule has 0 aromatic carbocycles. The second kappa shape index (κ2) is 34.3. The van der Waals surface area contributed by atoms with Crippen molar-refractivity contribution in [3.8, 4) is 0 Å². The van der Waals surface area contributed by atoms with E-state index in [4.69, 9.17) is 4.74 Å². The number of hydrogen-bond acceptors (Lipinski definition) is 4. The van der Waals surface area contributed by atoms with Crippen LogP contribution in [-0.2, 0) is 19.1 Å². The fraction of sp³-hybridized carbons (Fsp3) is 0.921. The van der Waals surface area contributed by atoms with Gasteiger partial charge in [0.1, 0.15) is 6.04 Å². The zero-order valence-corrected chi connectivity index (χ0v) is 29.6. The Morgan fingerprint density at radius 1 is 0.477 bits per heavy atom. The molecule has 0 heterocycles. The number of carbonyl (C=O) groups excluding carboxylic acids is 3. The van der Waals surface area contributed by atoms with Crippen LogP contribution in [0.2, 0.25) is 0 Å². The topological polar surface area (TPSA) is 84.5 Å². The zero-order chi connectivity index (χ0) is 32.4. The molecule has 0 spiro atoms. The van der Waals surface area contributed by atoms with Crippen LogP contribution < -0.4 is 10.6 Å². The van der Waals surface area contributed by atoms with Crippen LogP contribution >= 0.6 is 0 Å². The number of unbranched alkanes of at least 4 members (excludes halogenated alkanes) is 22. The van der Waals surface area contributed by atoms with Gasteiger partial charge >= 0.3 is 5.97 Å². The monoisotopic (exact) mass is 623 g/mol. The smallest absolute Gasteiger partial charge is 0.328 e. The number of rotatable bonds is 34. The average molecular weight is 623 g/mol. The summed E-state index contributed by atoms with van der Waals surface area (Å²) >= 11 is 0. The average Bonchev–Trinajstić information content (AvgIpc) is 3.01. The van der Waals surface area contributed by atoms with Gasteiger partial charge in [0, 0.05) is 19.4 Å². The van der Waals surface area contributed by atoms with Gasteiger partial charge in [-0.05, 0) is 38.5 Å². The van der Waals surface area contributed by atoms with E-state index in [2.05, 4.69) is 31.4 Å². The van der Waals surface area contributed by atoms with Crippen molar-refractivity contribution in [2.24, 2.45) is 0 Å². The quantitative estimate of drug-likeness (QED) is 0.0552. The lowest BCUT2D eigenvalue weighted by Crippen LogP contribution is -2.42. The van der Waals surface area contributed by atoms with Crippen LogP contribution in [0.5, 0.6) is 0 Å². The number of esters is 1. The van der Waals surface area contributed by atoms with Crippen LogP contribution in [0.1, 0.15) is 207 Å². The van der Waals surface area contributed by atoms with Crippen molar-refractivity contribution in [2.45, 2.75) is 213 Å². The summed E-state index contributed by atoms with van der Waals surface area (Å²) in [7, 11) is 0. The van der Waals surface area contributed by atoms with Crippen LogP contribution in [0.15, 0.2) is 0 Å². The van der Waals surface area contributed by atoms with E-state index in [-0.39, 0.29) is 17.8 Å². The Hall–Kier alpha value is -1.59. The van der Waals surface area contributed by atoms with Crippen LogP contribution in [0.4, 0.5) is 0 Å². The first-order valence-electron chi connectivity index (χ1n) is 19.3. The molecule has 6 heteroatoms. The molecule has 6 nitrogen and oxygen atoms in total. The number of ether oxygens (including phenoxy) is 1. The molecule has 0 aliphatic carbocycles. The Kier molecular flexibility index (Phi) is 33.0. The van der Waals surface area contributed by atoms with Crippen molar-refractivity contribution in [1.82, 2.24) is 10.6 Å². The molecule has 0 radical (unpaired) electrons. The minimum atomic E-state index is -0.598. The molecule has 260 valence electrons. The van der Waals surface area contributed by atoms with E-state index < -0.39 is 6.04 Å². The van der Waals surface area contributed by atoms with Crippen molar-refractivity contribution in [2.75, 3.05) is 13.2 Å². The molecule has 1 unspecified atom stereocenters. The fourth-order valence-corrected chi connectivity index (χ4v) is 5.65. The normalized spacial score (nSPS) is 11.8. The maximum Gasteiger partial charge on any atom is 0.328 e. The fourth-order valence-electron chi connectivity index (χ4n) is 5.65. The van der Waals surface area contributed by atoms with E-state index in [1.54, 1.807) is 0 Å². The molecule has 44 heavy (non-hydrogen) atoms. The maximum absolute atomic E-state index is 12.9. The van der Waals surface area contributed by atoms with Crippen LogP contribution in [-0.4, -0.2) is 37.0 Å². The van der Waals surface area contributed by atoms with Gasteiger partial charge in [-0.25, -0.2) is 4.79 Å².